The number of aromatic nitrogens is 6. The molecule has 1 fully saturated rings. The minimum absolute atomic E-state index is 0.440. The van der Waals surface area contributed by atoms with Gasteiger partial charge in [-0.1, -0.05) is 6.07 Å². The molecule has 4 aromatic rings. The van der Waals surface area contributed by atoms with Crippen LogP contribution in [-0.2, 0) is 0 Å². The number of hydrogen-bond donors (Lipinski definition) is 2. The molecular weight excluding hydrogens is 342 g/mol. The van der Waals surface area contributed by atoms with Crippen molar-refractivity contribution in [2.24, 2.45) is 0 Å². The summed E-state index contributed by atoms with van der Waals surface area (Å²) in [5.41, 5.74) is 2.77. The van der Waals surface area contributed by atoms with E-state index in [2.05, 4.69) is 37.0 Å². The fourth-order valence-corrected chi connectivity index (χ4v) is 2.87. The smallest absolute Gasteiger partial charge is 0.177 e. The van der Waals surface area contributed by atoms with Crippen molar-refractivity contribution >= 4 is 23.0 Å². The van der Waals surface area contributed by atoms with Gasteiger partial charge < -0.3 is 10.6 Å². The van der Waals surface area contributed by atoms with Gasteiger partial charge in [-0.3, -0.25) is 4.57 Å². The van der Waals surface area contributed by atoms with Gasteiger partial charge >= 0.3 is 0 Å². The minimum Gasteiger partial charge on any atom is -0.367 e. The molecule has 0 aliphatic heterocycles. The number of nitrogens with one attached hydrogen (secondary N) is 2. The Morgan fingerprint density at radius 1 is 1.15 bits per heavy atom. The van der Waals surface area contributed by atoms with Crippen LogP contribution in [0.25, 0.3) is 11.3 Å². The topological polar surface area (TPSA) is 109 Å². The molecule has 9 heteroatoms. The first-order valence-corrected chi connectivity index (χ1v) is 8.58. The summed E-state index contributed by atoms with van der Waals surface area (Å²) in [6.45, 7) is 0. The van der Waals surface area contributed by atoms with Crippen molar-refractivity contribution < 1.29 is 0 Å². The zero-order valence-electron chi connectivity index (χ0n) is 14.2. The molecule has 0 atom stereocenters. The molecule has 0 radical (unpaired) electrons. The van der Waals surface area contributed by atoms with Crippen molar-refractivity contribution in [3.63, 3.8) is 0 Å². The monoisotopic (exact) mass is 357 g/mol. The molecule has 1 aliphatic rings. The zero-order chi connectivity index (χ0) is 18.2. The summed E-state index contributed by atoms with van der Waals surface area (Å²) >= 11 is 0. The zero-order valence-corrected chi connectivity index (χ0v) is 14.2. The van der Waals surface area contributed by atoms with Gasteiger partial charge in [0, 0.05) is 17.8 Å². The molecule has 0 amide bonds. The molecule has 5 rings (SSSR count). The lowest BCUT2D eigenvalue weighted by molar-refractivity contribution is 0.926. The Hall–Kier alpha value is -3.93. The molecule has 0 unspecified atom stereocenters. The van der Waals surface area contributed by atoms with Gasteiger partial charge in [0.25, 0.3) is 0 Å². The fourth-order valence-electron chi connectivity index (χ4n) is 2.87. The first-order chi connectivity index (χ1) is 13.3. The molecule has 0 bridgehead atoms. The number of fused-ring (bicyclic) bond motifs is 1. The summed E-state index contributed by atoms with van der Waals surface area (Å²) in [5.74, 6) is 1.46. The molecule has 27 heavy (non-hydrogen) atoms. The largest absolute Gasteiger partial charge is 0.367 e. The van der Waals surface area contributed by atoms with Crippen LogP contribution in [0.2, 0.25) is 0 Å². The van der Waals surface area contributed by atoms with Crippen molar-refractivity contribution in [3.8, 4) is 11.8 Å². The second-order valence-corrected chi connectivity index (χ2v) is 6.40. The quantitative estimate of drug-likeness (QED) is 0.565. The maximum Gasteiger partial charge on any atom is 0.177 e. The molecular formula is C18H15N9. The van der Waals surface area contributed by atoms with Crippen LogP contribution in [0.5, 0.6) is 0 Å². The predicted molar refractivity (Wildman–Crippen MR) is 99.0 cm³/mol. The summed E-state index contributed by atoms with van der Waals surface area (Å²) in [5, 5.41) is 28.1. The highest BCUT2D eigenvalue weighted by molar-refractivity contribution is 5.68. The van der Waals surface area contributed by atoms with Crippen molar-refractivity contribution in [1.82, 2.24) is 29.4 Å². The van der Waals surface area contributed by atoms with Crippen LogP contribution in [0.15, 0.2) is 49.2 Å². The third-order valence-corrected chi connectivity index (χ3v) is 4.36. The Labute approximate surface area is 154 Å². The Bertz CT molecular complexity index is 1150. The molecule has 3 heterocycles. The normalized spacial score (nSPS) is 13.4. The second-order valence-electron chi connectivity index (χ2n) is 6.40. The Balaban J connectivity index is 1.53. The fraction of sp³-hybridized carbons (Fsp3) is 0.167. The molecule has 132 valence electrons. The van der Waals surface area contributed by atoms with E-state index in [-0.39, 0.29) is 0 Å². The van der Waals surface area contributed by atoms with Crippen molar-refractivity contribution in [1.29, 1.82) is 5.26 Å². The highest BCUT2D eigenvalue weighted by atomic mass is 15.3. The van der Waals surface area contributed by atoms with Crippen LogP contribution >= 0.6 is 0 Å². The lowest BCUT2D eigenvalue weighted by Gasteiger charge is -2.12. The summed E-state index contributed by atoms with van der Waals surface area (Å²) in [4.78, 5) is 4.58. The number of hydrogen-bond acceptors (Lipinski definition) is 7. The number of benzene rings is 1. The molecule has 9 nitrogen and oxygen atoms in total. The van der Waals surface area contributed by atoms with Crippen molar-refractivity contribution in [3.05, 3.63) is 54.7 Å². The van der Waals surface area contributed by atoms with Gasteiger partial charge in [0.05, 0.1) is 11.9 Å². The van der Waals surface area contributed by atoms with E-state index in [4.69, 9.17) is 0 Å². The van der Waals surface area contributed by atoms with Gasteiger partial charge in [0.15, 0.2) is 5.65 Å². The number of nitrogens with zero attached hydrogens (tertiary/aromatic N) is 7. The number of anilines is 3. The first-order valence-electron chi connectivity index (χ1n) is 8.58. The van der Waals surface area contributed by atoms with E-state index >= 15 is 0 Å². The molecule has 3 aromatic heterocycles. The average molecular weight is 357 g/mol. The summed E-state index contributed by atoms with van der Waals surface area (Å²) in [6.07, 6.45) is 7.11. The molecule has 1 saturated carbocycles. The van der Waals surface area contributed by atoms with E-state index < -0.39 is 0 Å². The molecule has 1 aliphatic carbocycles. The number of nitriles is 1. The maximum absolute atomic E-state index is 9.33. The molecule has 0 spiro atoms. The van der Waals surface area contributed by atoms with Crippen molar-refractivity contribution in [2.45, 2.75) is 18.9 Å². The maximum atomic E-state index is 9.33. The lowest BCUT2D eigenvalue weighted by atomic mass is 10.2. The van der Waals surface area contributed by atoms with Gasteiger partial charge in [0.1, 0.15) is 35.9 Å². The van der Waals surface area contributed by atoms with E-state index in [1.165, 1.54) is 6.20 Å². The highest BCUT2D eigenvalue weighted by Crippen LogP contribution is 2.28. The van der Waals surface area contributed by atoms with Crippen molar-refractivity contribution in [2.75, 3.05) is 10.6 Å². The summed E-state index contributed by atoms with van der Waals surface area (Å²) in [6, 6.07) is 12.4. The first kappa shape index (κ1) is 15.3. The van der Waals surface area contributed by atoms with Gasteiger partial charge in [-0.2, -0.15) is 14.9 Å². The SMILES string of the molecule is N#Cc1cnn2c(NC3CC3)cc(Nc3cccc(-n4cnnc4)c3)nc12. The predicted octanol–water partition coefficient (Wildman–Crippen LogP) is 2.50. The highest BCUT2D eigenvalue weighted by Gasteiger charge is 2.23. The van der Waals surface area contributed by atoms with Crippen LogP contribution in [0.4, 0.5) is 17.3 Å². The van der Waals surface area contributed by atoms with Gasteiger partial charge in [-0.25, -0.2) is 4.98 Å². The Kier molecular flexibility index (Phi) is 3.47. The van der Waals surface area contributed by atoms with Gasteiger partial charge in [0.2, 0.25) is 0 Å². The molecule has 0 saturated heterocycles. The average Bonchev–Trinajstić information content (AvgIpc) is 3.18. The molecule has 2 N–H and O–H groups in total. The van der Waals surface area contributed by atoms with E-state index in [0.717, 1.165) is 30.0 Å². The summed E-state index contributed by atoms with van der Waals surface area (Å²) < 4.78 is 3.50. The van der Waals surface area contributed by atoms with Gasteiger partial charge in [-0.05, 0) is 31.0 Å². The van der Waals surface area contributed by atoms with Crippen LogP contribution in [0.3, 0.4) is 0 Å². The molecule has 1 aromatic carbocycles. The van der Waals surface area contributed by atoms with E-state index in [9.17, 15) is 5.26 Å². The van der Waals surface area contributed by atoms with E-state index in [1.54, 1.807) is 17.2 Å². The van der Waals surface area contributed by atoms with E-state index in [0.29, 0.717) is 23.1 Å². The lowest BCUT2D eigenvalue weighted by Crippen LogP contribution is -2.09. The van der Waals surface area contributed by atoms with Crippen LogP contribution < -0.4 is 10.6 Å². The van der Waals surface area contributed by atoms with E-state index in [1.807, 2.05) is 34.9 Å². The third kappa shape index (κ3) is 2.93. The third-order valence-electron chi connectivity index (χ3n) is 4.36. The number of rotatable bonds is 5. The Morgan fingerprint density at radius 3 is 2.78 bits per heavy atom. The Morgan fingerprint density at radius 2 is 2.00 bits per heavy atom. The standard InChI is InChI=1S/C18H15N9/c19-8-12-9-22-27-17(24-13-4-5-13)7-16(25-18(12)27)23-14-2-1-3-15(6-14)26-10-20-21-11-26/h1-3,6-7,9-11,13,24H,4-5H2,(H,23,25). The van der Waals surface area contributed by atoms with Crippen LogP contribution in [0, 0.1) is 11.3 Å². The van der Waals surface area contributed by atoms with Crippen LogP contribution in [-0.4, -0.2) is 35.4 Å². The van der Waals surface area contributed by atoms with Gasteiger partial charge in [-0.15, -0.1) is 10.2 Å². The van der Waals surface area contributed by atoms with Crippen LogP contribution in [0.1, 0.15) is 18.4 Å². The second kappa shape index (κ2) is 6.10. The minimum atomic E-state index is 0.440. The summed E-state index contributed by atoms with van der Waals surface area (Å²) in [7, 11) is 0.